The minimum absolute atomic E-state index is 0.286. The fourth-order valence-corrected chi connectivity index (χ4v) is 5.94. The highest BCUT2D eigenvalue weighted by Gasteiger charge is 2.19. The monoisotopic (exact) mass is 548 g/mol. The molecule has 4 aromatic carbocycles. The van der Waals surface area contributed by atoms with Gasteiger partial charge >= 0.3 is 0 Å². The Labute approximate surface area is 241 Å². The van der Waals surface area contributed by atoms with Crippen molar-refractivity contribution in [2.24, 2.45) is 5.10 Å². The second kappa shape index (κ2) is 10.7. The van der Waals surface area contributed by atoms with E-state index in [4.69, 9.17) is 4.98 Å². The van der Waals surface area contributed by atoms with Crippen LogP contribution in [0.3, 0.4) is 0 Å². The number of pyridine rings is 1. The first kappa shape index (κ1) is 24.7. The summed E-state index contributed by atoms with van der Waals surface area (Å²) in [6.45, 7) is 0. The van der Waals surface area contributed by atoms with Gasteiger partial charge in [-0.15, -0.1) is 11.3 Å². The van der Waals surface area contributed by atoms with Crippen molar-refractivity contribution in [2.75, 3.05) is 0 Å². The van der Waals surface area contributed by atoms with Crippen LogP contribution in [0.4, 0.5) is 0 Å². The van der Waals surface area contributed by atoms with Gasteiger partial charge in [-0.05, 0) is 47.3 Å². The standard InChI is InChI=1S/C35H24N4OS/c40-35(28-22-31(33-20-11-21-41-33)37-30-18-9-7-16-26(28)30)38-36-23-29-27-17-8-10-19-32(27)39(25-14-5-2-6-15-25)34(29)24-12-3-1-4-13-24/h1-23H,(H,38,40)/b36-23+. The van der Waals surface area contributed by atoms with Crippen molar-refractivity contribution >= 4 is 45.3 Å². The van der Waals surface area contributed by atoms with Gasteiger partial charge in [0.15, 0.2) is 0 Å². The Morgan fingerprint density at radius 2 is 1.49 bits per heavy atom. The number of nitrogens with one attached hydrogen (secondary N) is 1. The summed E-state index contributed by atoms with van der Waals surface area (Å²) >= 11 is 1.60. The van der Waals surface area contributed by atoms with E-state index in [0.29, 0.717) is 5.56 Å². The van der Waals surface area contributed by atoms with E-state index in [-0.39, 0.29) is 5.91 Å². The molecule has 7 aromatic rings. The maximum atomic E-state index is 13.6. The van der Waals surface area contributed by atoms with E-state index in [1.807, 2.05) is 96.4 Å². The molecule has 0 saturated heterocycles. The van der Waals surface area contributed by atoms with Crippen LogP contribution in [0.5, 0.6) is 0 Å². The normalized spacial score (nSPS) is 11.4. The smallest absolute Gasteiger partial charge is 0.272 e. The van der Waals surface area contributed by atoms with Crippen molar-refractivity contribution in [2.45, 2.75) is 0 Å². The third kappa shape index (κ3) is 4.60. The number of para-hydroxylation sites is 3. The predicted molar refractivity (Wildman–Crippen MR) is 169 cm³/mol. The molecule has 0 aliphatic rings. The molecule has 196 valence electrons. The first-order valence-corrected chi connectivity index (χ1v) is 14.2. The number of rotatable bonds is 6. The summed E-state index contributed by atoms with van der Waals surface area (Å²) in [7, 11) is 0. The van der Waals surface area contributed by atoms with Gasteiger partial charge in [0.25, 0.3) is 5.91 Å². The lowest BCUT2D eigenvalue weighted by Gasteiger charge is -2.12. The third-order valence-electron chi connectivity index (χ3n) is 7.07. The van der Waals surface area contributed by atoms with Crippen LogP contribution in [0.25, 0.3) is 49.3 Å². The Morgan fingerprint density at radius 3 is 2.27 bits per heavy atom. The van der Waals surface area contributed by atoms with Crippen LogP contribution in [0, 0.1) is 0 Å². The van der Waals surface area contributed by atoms with E-state index >= 15 is 0 Å². The molecule has 7 rings (SSSR count). The largest absolute Gasteiger partial charge is 0.309 e. The fraction of sp³-hybridized carbons (Fsp3) is 0. The van der Waals surface area contributed by atoms with Crippen molar-refractivity contribution < 1.29 is 4.79 Å². The highest BCUT2D eigenvalue weighted by Crippen LogP contribution is 2.35. The molecule has 3 aromatic heterocycles. The quantitative estimate of drug-likeness (QED) is 0.168. The maximum absolute atomic E-state index is 13.6. The minimum atomic E-state index is -0.286. The second-order valence-corrected chi connectivity index (χ2v) is 10.5. The molecular formula is C35H24N4OS. The minimum Gasteiger partial charge on any atom is -0.309 e. The average molecular weight is 549 g/mol. The Balaban J connectivity index is 1.32. The third-order valence-corrected chi connectivity index (χ3v) is 7.96. The molecule has 0 bridgehead atoms. The molecule has 3 heterocycles. The highest BCUT2D eigenvalue weighted by atomic mass is 32.1. The van der Waals surface area contributed by atoms with Crippen molar-refractivity contribution in [1.29, 1.82) is 0 Å². The molecule has 1 N–H and O–H groups in total. The number of nitrogens with zero attached hydrogens (tertiary/aromatic N) is 3. The SMILES string of the molecule is O=C(N/N=C/c1c(-c2ccccc2)n(-c2ccccc2)c2ccccc12)c1cc(-c2cccs2)nc2ccccc12. The second-order valence-electron chi connectivity index (χ2n) is 9.57. The fourth-order valence-electron chi connectivity index (χ4n) is 5.25. The van der Waals surface area contributed by atoms with Gasteiger partial charge in [-0.25, -0.2) is 10.4 Å². The number of amides is 1. The number of aromatic nitrogens is 2. The van der Waals surface area contributed by atoms with E-state index < -0.39 is 0 Å². The molecule has 0 aliphatic heterocycles. The molecule has 0 aliphatic carbocycles. The zero-order chi connectivity index (χ0) is 27.6. The molecule has 0 saturated carbocycles. The predicted octanol–water partition coefficient (Wildman–Crippen LogP) is 8.34. The molecular weight excluding hydrogens is 524 g/mol. The van der Waals surface area contributed by atoms with E-state index in [9.17, 15) is 4.79 Å². The van der Waals surface area contributed by atoms with Gasteiger partial charge in [0.2, 0.25) is 0 Å². The first-order chi connectivity index (χ1) is 20.3. The lowest BCUT2D eigenvalue weighted by Crippen LogP contribution is -2.18. The molecule has 0 fully saturated rings. The summed E-state index contributed by atoms with van der Waals surface area (Å²) < 4.78 is 2.25. The average Bonchev–Trinajstić information content (AvgIpc) is 3.69. The molecule has 1 amide bonds. The van der Waals surface area contributed by atoms with E-state index in [1.54, 1.807) is 17.6 Å². The van der Waals surface area contributed by atoms with Gasteiger partial charge in [-0.1, -0.05) is 91.0 Å². The summed E-state index contributed by atoms with van der Waals surface area (Å²) in [5.41, 5.74) is 9.97. The highest BCUT2D eigenvalue weighted by molar-refractivity contribution is 7.13. The number of carbonyl (C=O) groups excluding carboxylic acids is 1. The molecule has 0 radical (unpaired) electrons. The van der Waals surface area contributed by atoms with Crippen LogP contribution < -0.4 is 5.43 Å². The zero-order valence-electron chi connectivity index (χ0n) is 21.9. The van der Waals surface area contributed by atoms with Gasteiger partial charge in [0.05, 0.1) is 39.1 Å². The Kier molecular flexibility index (Phi) is 6.43. The van der Waals surface area contributed by atoms with Gasteiger partial charge in [-0.2, -0.15) is 5.10 Å². The number of thiophene rings is 1. The molecule has 41 heavy (non-hydrogen) atoms. The molecule has 5 nitrogen and oxygen atoms in total. The van der Waals surface area contributed by atoms with Gasteiger partial charge < -0.3 is 4.57 Å². The van der Waals surface area contributed by atoms with Crippen LogP contribution in [0.2, 0.25) is 0 Å². The molecule has 6 heteroatoms. The van der Waals surface area contributed by atoms with Crippen molar-refractivity contribution in [3.05, 3.63) is 144 Å². The summed E-state index contributed by atoms with van der Waals surface area (Å²) in [5.74, 6) is -0.286. The lowest BCUT2D eigenvalue weighted by molar-refractivity contribution is 0.0956. The lowest BCUT2D eigenvalue weighted by atomic mass is 10.1. The Hall–Kier alpha value is -5.33. The van der Waals surface area contributed by atoms with Crippen LogP contribution in [0.1, 0.15) is 15.9 Å². The van der Waals surface area contributed by atoms with Crippen molar-refractivity contribution in [1.82, 2.24) is 15.0 Å². The number of hydrogen-bond donors (Lipinski definition) is 1. The number of hydrazone groups is 1. The number of benzene rings is 4. The van der Waals surface area contributed by atoms with Crippen LogP contribution in [0.15, 0.2) is 138 Å². The maximum Gasteiger partial charge on any atom is 0.272 e. The van der Waals surface area contributed by atoms with Gasteiger partial charge in [0, 0.05) is 22.0 Å². The van der Waals surface area contributed by atoms with Crippen molar-refractivity contribution in [3.8, 4) is 27.5 Å². The van der Waals surface area contributed by atoms with E-state index in [2.05, 4.69) is 51.5 Å². The van der Waals surface area contributed by atoms with Crippen LogP contribution in [-0.4, -0.2) is 21.7 Å². The van der Waals surface area contributed by atoms with Gasteiger partial charge in [-0.3, -0.25) is 4.79 Å². The Bertz CT molecular complexity index is 2030. The van der Waals surface area contributed by atoms with E-state index in [1.165, 1.54) is 0 Å². The topological polar surface area (TPSA) is 59.3 Å². The van der Waals surface area contributed by atoms with Crippen LogP contribution >= 0.6 is 11.3 Å². The summed E-state index contributed by atoms with van der Waals surface area (Å²) in [6, 6.07) is 42.4. The summed E-state index contributed by atoms with van der Waals surface area (Å²) in [5, 5.41) is 8.34. The number of carbonyl (C=O) groups is 1. The van der Waals surface area contributed by atoms with Crippen molar-refractivity contribution in [3.63, 3.8) is 0 Å². The zero-order valence-corrected chi connectivity index (χ0v) is 22.8. The number of hydrogen-bond acceptors (Lipinski definition) is 4. The van der Waals surface area contributed by atoms with Gasteiger partial charge in [0.1, 0.15) is 0 Å². The first-order valence-electron chi connectivity index (χ1n) is 13.3. The summed E-state index contributed by atoms with van der Waals surface area (Å²) in [6.07, 6.45) is 1.76. The Morgan fingerprint density at radius 1 is 0.780 bits per heavy atom. The summed E-state index contributed by atoms with van der Waals surface area (Å²) in [4.78, 5) is 19.4. The molecule has 0 unspecified atom stereocenters. The molecule has 0 spiro atoms. The number of fused-ring (bicyclic) bond motifs is 2. The van der Waals surface area contributed by atoms with Crippen LogP contribution in [-0.2, 0) is 0 Å². The molecule has 0 atom stereocenters. The van der Waals surface area contributed by atoms with E-state index in [0.717, 1.165) is 54.9 Å².